The third-order valence-corrected chi connectivity index (χ3v) is 5.26. The summed E-state index contributed by atoms with van der Waals surface area (Å²) >= 11 is 18.4. The molecule has 0 amide bonds. The number of nitrogens with zero attached hydrogens (tertiary/aromatic N) is 2. The Morgan fingerprint density at radius 2 is 1.73 bits per heavy atom. The summed E-state index contributed by atoms with van der Waals surface area (Å²) in [6, 6.07) is 11.3. The molecular weight excluding hydrogens is 447 g/mol. The molecule has 0 radical (unpaired) electrons. The summed E-state index contributed by atoms with van der Waals surface area (Å²) in [7, 11) is 0. The van der Waals surface area contributed by atoms with Crippen molar-refractivity contribution in [1.82, 2.24) is 9.78 Å². The van der Waals surface area contributed by atoms with Gasteiger partial charge < -0.3 is 4.74 Å². The van der Waals surface area contributed by atoms with Crippen LogP contribution in [0.1, 0.15) is 41.0 Å². The van der Waals surface area contributed by atoms with Crippen molar-refractivity contribution in [3.05, 3.63) is 90.3 Å². The monoisotopic (exact) mass is 464 g/mol. The Morgan fingerprint density at radius 3 is 2.37 bits per heavy atom. The number of ketones is 1. The third-order valence-electron chi connectivity index (χ3n) is 4.45. The SMILES string of the molecule is CCOc1ccc(C(=O)c2c(Cl)cc(Cl)cc2Cl)cc1Cc1ccc(=O)n(CC)n1. The van der Waals surface area contributed by atoms with Gasteiger partial charge in [-0.3, -0.25) is 9.59 Å². The minimum absolute atomic E-state index is 0.165. The highest BCUT2D eigenvalue weighted by Crippen LogP contribution is 2.32. The molecule has 3 rings (SSSR count). The van der Waals surface area contributed by atoms with E-state index in [0.29, 0.717) is 41.6 Å². The predicted octanol–water partition coefficient (Wildman–Crippen LogP) is 5.44. The molecule has 0 bridgehead atoms. The van der Waals surface area contributed by atoms with Crippen molar-refractivity contribution in [1.29, 1.82) is 0 Å². The van der Waals surface area contributed by atoms with Gasteiger partial charge >= 0.3 is 0 Å². The van der Waals surface area contributed by atoms with E-state index in [2.05, 4.69) is 5.10 Å². The van der Waals surface area contributed by atoms with Gasteiger partial charge in [0.25, 0.3) is 5.56 Å². The highest BCUT2D eigenvalue weighted by molar-refractivity contribution is 6.43. The van der Waals surface area contributed by atoms with Crippen molar-refractivity contribution in [2.24, 2.45) is 0 Å². The van der Waals surface area contributed by atoms with Crippen LogP contribution in [0.5, 0.6) is 5.75 Å². The first kappa shape index (κ1) is 22.3. The normalized spacial score (nSPS) is 10.8. The molecule has 30 heavy (non-hydrogen) atoms. The highest BCUT2D eigenvalue weighted by Gasteiger charge is 2.19. The molecule has 0 spiro atoms. The van der Waals surface area contributed by atoms with Gasteiger partial charge in [-0.1, -0.05) is 34.8 Å². The minimum atomic E-state index is -0.322. The second-order valence-electron chi connectivity index (χ2n) is 6.48. The van der Waals surface area contributed by atoms with Gasteiger partial charge in [-0.2, -0.15) is 5.10 Å². The number of benzene rings is 2. The van der Waals surface area contributed by atoms with E-state index >= 15 is 0 Å². The molecule has 1 heterocycles. The van der Waals surface area contributed by atoms with E-state index in [9.17, 15) is 9.59 Å². The highest BCUT2D eigenvalue weighted by atomic mass is 35.5. The van der Waals surface area contributed by atoms with E-state index in [4.69, 9.17) is 39.5 Å². The molecule has 8 heteroatoms. The number of hydrogen-bond donors (Lipinski definition) is 0. The minimum Gasteiger partial charge on any atom is -0.494 e. The first-order valence-corrected chi connectivity index (χ1v) is 10.5. The fourth-order valence-corrected chi connectivity index (χ4v) is 4.05. The molecule has 0 saturated carbocycles. The second-order valence-corrected chi connectivity index (χ2v) is 7.74. The van der Waals surface area contributed by atoms with Crippen LogP contribution in [0.25, 0.3) is 0 Å². The molecule has 3 aromatic rings. The summed E-state index contributed by atoms with van der Waals surface area (Å²) in [5.74, 6) is 0.316. The van der Waals surface area contributed by atoms with Crippen molar-refractivity contribution < 1.29 is 9.53 Å². The van der Waals surface area contributed by atoms with Gasteiger partial charge in [0.15, 0.2) is 5.78 Å². The lowest BCUT2D eigenvalue weighted by atomic mass is 9.98. The lowest BCUT2D eigenvalue weighted by Crippen LogP contribution is -2.22. The molecule has 0 aliphatic heterocycles. The molecule has 0 aliphatic carbocycles. The summed E-state index contributed by atoms with van der Waals surface area (Å²) in [4.78, 5) is 24.9. The van der Waals surface area contributed by atoms with E-state index in [1.165, 1.54) is 22.9 Å². The van der Waals surface area contributed by atoms with Gasteiger partial charge in [0.05, 0.1) is 27.9 Å². The zero-order valence-corrected chi connectivity index (χ0v) is 18.7. The second kappa shape index (κ2) is 9.65. The molecule has 1 aromatic heterocycles. The molecule has 0 saturated heterocycles. The largest absolute Gasteiger partial charge is 0.494 e. The van der Waals surface area contributed by atoms with E-state index in [1.54, 1.807) is 24.3 Å². The Kier molecular flexibility index (Phi) is 7.19. The number of aromatic nitrogens is 2. The van der Waals surface area contributed by atoms with Crippen molar-refractivity contribution in [2.45, 2.75) is 26.8 Å². The molecule has 0 aliphatic rings. The van der Waals surface area contributed by atoms with E-state index < -0.39 is 0 Å². The average molecular weight is 466 g/mol. The lowest BCUT2D eigenvalue weighted by Gasteiger charge is -2.13. The Balaban J connectivity index is 2.03. The van der Waals surface area contributed by atoms with Crippen LogP contribution in [-0.4, -0.2) is 22.2 Å². The van der Waals surface area contributed by atoms with Gasteiger partial charge in [-0.05, 0) is 50.2 Å². The summed E-state index contributed by atoms with van der Waals surface area (Å²) in [6.45, 7) is 4.67. The Bertz CT molecular complexity index is 1140. The van der Waals surface area contributed by atoms with Crippen LogP contribution in [0.3, 0.4) is 0 Å². The number of halogens is 3. The van der Waals surface area contributed by atoms with Gasteiger partial charge in [0.1, 0.15) is 5.75 Å². The molecule has 0 atom stereocenters. The number of hydrogen-bond acceptors (Lipinski definition) is 4. The Hall–Kier alpha value is -2.34. The summed E-state index contributed by atoms with van der Waals surface area (Å²) in [6.07, 6.45) is 0.388. The van der Waals surface area contributed by atoms with Crippen molar-refractivity contribution in [2.75, 3.05) is 6.61 Å². The number of aryl methyl sites for hydroxylation is 1. The Morgan fingerprint density at radius 1 is 1.03 bits per heavy atom. The molecule has 156 valence electrons. The fourth-order valence-electron chi connectivity index (χ4n) is 3.07. The number of rotatable bonds is 7. The zero-order chi connectivity index (χ0) is 21.8. The summed E-state index contributed by atoms with van der Waals surface area (Å²) in [5, 5.41) is 5.09. The van der Waals surface area contributed by atoms with Crippen molar-refractivity contribution in [3.8, 4) is 5.75 Å². The molecule has 0 N–H and O–H groups in total. The lowest BCUT2D eigenvalue weighted by molar-refractivity contribution is 0.103. The number of carbonyl (C=O) groups is 1. The van der Waals surface area contributed by atoms with Crippen LogP contribution in [0.4, 0.5) is 0 Å². The fraction of sp³-hybridized carbons (Fsp3) is 0.227. The number of ether oxygens (including phenoxy) is 1. The van der Waals surface area contributed by atoms with Gasteiger partial charge in [0.2, 0.25) is 0 Å². The van der Waals surface area contributed by atoms with Gasteiger partial charge in [-0.15, -0.1) is 0 Å². The van der Waals surface area contributed by atoms with Crippen molar-refractivity contribution in [3.63, 3.8) is 0 Å². The standard InChI is InChI=1S/C22H19Cl3N2O3/c1-3-27-20(28)8-6-16(26-27)10-14-9-13(5-7-19(14)30-4-2)22(29)21-17(24)11-15(23)12-18(21)25/h5-9,11-12H,3-4,10H2,1-2H3. The van der Waals surface area contributed by atoms with E-state index in [0.717, 1.165) is 5.56 Å². The first-order chi connectivity index (χ1) is 14.3. The smallest absolute Gasteiger partial charge is 0.266 e. The summed E-state index contributed by atoms with van der Waals surface area (Å²) < 4.78 is 7.10. The predicted molar refractivity (Wildman–Crippen MR) is 119 cm³/mol. The van der Waals surface area contributed by atoms with Crippen LogP contribution < -0.4 is 10.3 Å². The van der Waals surface area contributed by atoms with Gasteiger partial charge in [0, 0.05) is 35.2 Å². The maximum absolute atomic E-state index is 13.1. The average Bonchev–Trinajstić information content (AvgIpc) is 2.70. The maximum Gasteiger partial charge on any atom is 0.266 e. The van der Waals surface area contributed by atoms with Crippen LogP contribution in [0.2, 0.25) is 15.1 Å². The molecule has 5 nitrogen and oxygen atoms in total. The van der Waals surface area contributed by atoms with Crippen LogP contribution >= 0.6 is 34.8 Å². The van der Waals surface area contributed by atoms with E-state index in [1.807, 2.05) is 13.8 Å². The van der Waals surface area contributed by atoms with Gasteiger partial charge in [-0.25, -0.2) is 4.68 Å². The molecule has 2 aromatic carbocycles. The van der Waals surface area contributed by atoms with Crippen molar-refractivity contribution >= 4 is 40.6 Å². The summed E-state index contributed by atoms with van der Waals surface area (Å²) in [5.41, 5.74) is 1.88. The first-order valence-electron chi connectivity index (χ1n) is 9.36. The molecular formula is C22H19Cl3N2O3. The topological polar surface area (TPSA) is 61.2 Å². The quantitative estimate of drug-likeness (QED) is 0.436. The maximum atomic E-state index is 13.1. The van der Waals surface area contributed by atoms with Crippen LogP contribution in [-0.2, 0) is 13.0 Å². The number of carbonyl (C=O) groups excluding carboxylic acids is 1. The van der Waals surface area contributed by atoms with Crippen LogP contribution in [0, 0.1) is 0 Å². The third kappa shape index (κ3) is 4.86. The van der Waals surface area contributed by atoms with Crippen LogP contribution in [0.15, 0.2) is 47.3 Å². The van der Waals surface area contributed by atoms with E-state index in [-0.39, 0.29) is 27.0 Å². The zero-order valence-electron chi connectivity index (χ0n) is 16.4. The molecule has 0 unspecified atom stereocenters. The Labute approximate surface area is 189 Å². The molecule has 0 fully saturated rings.